The summed E-state index contributed by atoms with van der Waals surface area (Å²) in [4.78, 5) is 0. The quantitative estimate of drug-likeness (QED) is 0.247. The van der Waals surface area contributed by atoms with Crippen molar-refractivity contribution >= 4 is 0 Å². The first kappa shape index (κ1) is 9.85. The third-order valence-electron chi connectivity index (χ3n) is 2.02. The Labute approximate surface area is 69.1 Å². The van der Waals surface area contributed by atoms with Gasteiger partial charge in [-0.15, -0.1) is 0 Å². The lowest BCUT2D eigenvalue weighted by molar-refractivity contribution is -0.161. The predicted molar refractivity (Wildman–Crippen MR) is 38.0 cm³/mol. The monoisotopic (exact) mass is 179 g/mol. The molecule has 0 amide bonds. The molecule has 1 fully saturated rings. The van der Waals surface area contributed by atoms with Crippen LogP contribution in [0.25, 0.3) is 0 Å². The number of hydrogen-bond acceptors (Lipinski definition) is 6. The number of aliphatic hydroxyl groups is 5. The molecule has 6 N–H and O–H groups in total. The lowest BCUT2D eigenvalue weighted by atomic mass is 9.95. The Bertz CT molecular complexity index is 150. The number of hydrogen-bond donors (Lipinski definition) is 6. The smallest absolute Gasteiger partial charge is 0.134 e. The van der Waals surface area contributed by atoms with Gasteiger partial charge >= 0.3 is 0 Å². The van der Waals surface area contributed by atoms with Crippen LogP contribution < -0.4 is 5.32 Å². The highest BCUT2D eigenvalue weighted by molar-refractivity contribution is 4.93. The molecule has 0 bridgehead atoms. The Morgan fingerprint density at radius 1 is 0.917 bits per heavy atom. The third-order valence-corrected chi connectivity index (χ3v) is 2.02. The lowest BCUT2D eigenvalue weighted by Crippen LogP contribution is -2.65. The van der Waals surface area contributed by atoms with Crippen LogP contribution in [-0.2, 0) is 0 Å². The van der Waals surface area contributed by atoms with Crippen molar-refractivity contribution in [2.24, 2.45) is 0 Å². The minimum atomic E-state index is -1.43. The van der Waals surface area contributed by atoms with Gasteiger partial charge in [0.05, 0.1) is 12.6 Å². The van der Waals surface area contributed by atoms with E-state index in [1.54, 1.807) is 0 Å². The van der Waals surface area contributed by atoms with Crippen molar-refractivity contribution in [2.75, 3.05) is 6.61 Å². The molecular weight excluding hydrogens is 166 g/mol. The zero-order chi connectivity index (χ0) is 9.30. The average Bonchev–Trinajstić information content (AvgIpc) is 2.08. The van der Waals surface area contributed by atoms with E-state index < -0.39 is 37.2 Å². The van der Waals surface area contributed by atoms with Crippen molar-refractivity contribution in [1.82, 2.24) is 5.32 Å². The van der Waals surface area contributed by atoms with E-state index in [0.717, 1.165) is 0 Å². The van der Waals surface area contributed by atoms with Crippen molar-refractivity contribution in [1.29, 1.82) is 0 Å². The van der Waals surface area contributed by atoms with E-state index in [2.05, 4.69) is 5.32 Å². The maximum atomic E-state index is 9.18. The zero-order valence-electron chi connectivity index (χ0n) is 6.33. The molecule has 2 unspecified atom stereocenters. The predicted octanol–water partition coefficient (Wildman–Crippen LogP) is -3.65. The van der Waals surface area contributed by atoms with E-state index in [9.17, 15) is 5.11 Å². The molecule has 0 radical (unpaired) electrons. The molecular formula is C6H13NO5. The van der Waals surface area contributed by atoms with Gasteiger partial charge in [-0.1, -0.05) is 0 Å². The summed E-state index contributed by atoms with van der Waals surface area (Å²) in [6.07, 6.45) is -5.45. The Morgan fingerprint density at radius 2 is 1.50 bits per heavy atom. The van der Waals surface area contributed by atoms with Gasteiger partial charge < -0.3 is 25.5 Å². The summed E-state index contributed by atoms with van der Waals surface area (Å²) < 4.78 is 0. The summed E-state index contributed by atoms with van der Waals surface area (Å²) in [6.45, 7) is -0.415. The second-order valence-corrected chi connectivity index (χ2v) is 2.87. The second-order valence-electron chi connectivity index (χ2n) is 2.87. The molecule has 0 aromatic carbocycles. The van der Waals surface area contributed by atoms with Crippen LogP contribution in [0.3, 0.4) is 0 Å². The van der Waals surface area contributed by atoms with Crippen LogP contribution >= 0.6 is 0 Å². The van der Waals surface area contributed by atoms with E-state index in [1.807, 2.05) is 0 Å². The highest BCUT2D eigenvalue weighted by atomic mass is 16.4. The maximum Gasteiger partial charge on any atom is 0.134 e. The van der Waals surface area contributed by atoms with Crippen LogP contribution in [-0.4, -0.2) is 62.7 Å². The largest absolute Gasteiger partial charge is 0.395 e. The molecule has 0 aromatic rings. The molecule has 6 heteroatoms. The lowest BCUT2D eigenvalue weighted by Gasteiger charge is -2.38. The van der Waals surface area contributed by atoms with Gasteiger partial charge in [0.25, 0.3) is 0 Å². The van der Waals surface area contributed by atoms with E-state index in [1.165, 1.54) is 0 Å². The Balaban J connectivity index is 2.63. The maximum absolute atomic E-state index is 9.18. The topological polar surface area (TPSA) is 113 Å². The van der Waals surface area contributed by atoms with Gasteiger partial charge in [0.15, 0.2) is 0 Å². The molecule has 1 rings (SSSR count). The fourth-order valence-electron chi connectivity index (χ4n) is 1.20. The summed E-state index contributed by atoms with van der Waals surface area (Å²) >= 11 is 0. The Hall–Kier alpha value is -0.240. The van der Waals surface area contributed by atoms with Gasteiger partial charge in [-0.3, -0.25) is 5.32 Å². The van der Waals surface area contributed by atoms with Gasteiger partial charge in [-0.05, 0) is 0 Å². The van der Waals surface area contributed by atoms with Crippen molar-refractivity contribution in [3.8, 4) is 0 Å². The third kappa shape index (κ3) is 1.58. The van der Waals surface area contributed by atoms with E-state index in [0.29, 0.717) is 0 Å². The van der Waals surface area contributed by atoms with Crippen molar-refractivity contribution in [3.63, 3.8) is 0 Å². The number of rotatable bonds is 1. The van der Waals surface area contributed by atoms with Crippen LogP contribution in [0.2, 0.25) is 0 Å². The number of aliphatic hydroxyl groups excluding tert-OH is 5. The fourth-order valence-corrected chi connectivity index (χ4v) is 1.20. The Morgan fingerprint density at radius 3 is 2.00 bits per heavy atom. The van der Waals surface area contributed by atoms with Crippen LogP contribution in [0.5, 0.6) is 0 Å². The van der Waals surface area contributed by atoms with Gasteiger partial charge in [0.2, 0.25) is 0 Å². The van der Waals surface area contributed by atoms with Crippen molar-refractivity contribution < 1.29 is 25.5 Å². The molecule has 1 saturated heterocycles. The minimum Gasteiger partial charge on any atom is -0.395 e. The van der Waals surface area contributed by atoms with Gasteiger partial charge in [-0.25, -0.2) is 0 Å². The van der Waals surface area contributed by atoms with Crippen LogP contribution in [0.1, 0.15) is 0 Å². The van der Waals surface area contributed by atoms with Crippen molar-refractivity contribution in [3.05, 3.63) is 0 Å². The Kier molecular flexibility index (Phi) is 2.99. The summed E-state index contributed by atoms with van der Waals surface area (Å²) in [5, 5.41) is 47.3. The minimum absolute atomic E-state index is 0.415. The second kappa shape index (κ2) is 3.65. The first-order valence-corrected chi connectivity index (χ1v) is 3.67. The summed E-state index contributed by atoms with van der Waals surface area (Å²) in [6, 6.07) is -0.807. The van der Waals surface area contributed by atoms with E-state index in [-0.39, 0.29) is 0 Å². The molecule has 6 nitrogen and oxygen atoms in total. The molecule has 1 heterocycles. The van der Waals surface area contributed by atoms with Crippen LogP contribution in [0.15, 0.2) is 0 Å². The van der Waals surface area contributed by atoms with Crippen molar-refractivity contribution in [2.45, 2.75) is 30.6 Å². The summed E-state index contributed by atoms with van der Waals surface area (Å²) in [5.74, 6) is 0. The van der Waals surface area contributed by atoms with Crippen LogP contribution in [0, 0.1) is 0 Å². The molecule has 1 aliphatic heterocycles. The number of piperidine rings is 1. The molecule has 0 spiro atoms. The SMILES string of the molecule is OCC1NC(O)[C@H](O)[C@@H](O)[C@H]1O. The molecule has 0 aliphatic carbocycles. The summed E-state index contributed by atoms with van der Waals surface area (Å²) in [5.41, 5.74) is 0. The average molecular weight is 179 g/mol. The molecule has 5 atom stereocenters. The number of nitrogens with one attached hydrogen (secondary N) is 1. The van der Waals surface area contributed by atoms with Gasteiger partial charge in [-0.2, -0.15) is 0 Å². The first-order valence-electron chi connectivity index (χ1n) is 3.67. The zero-order valence-corrected chi connectivity index (χ0v) is 6.33. The molecule has 0 aromatic heterocycles. The van der Waals surface area contributed by atoms with Gasteiger partial charge in [0.1, 0.15) is 24.5 Å². The van der Waals surface area contributed by atoms with Gasteiger partial charge in [0, 0.05) is 0 Å². The molecule has 12 heavy (non-hydrogen) atoms. The van der Waals surface area contributed by atoms with Crippen LogP contribution in [0.4, 0.5) is 0 Å². The first-order chi connectivity index (χ1) is 5.57. The normalized spacial score (nSPS) is 49.2. The van der Waals surface area contributed by atoms with E-state index >= 15 is 0 Å². The fraction of sp³-hybridized carbons (Fsp3) is 1.00. The summed E-state index contributed by atoms with van der Waals surface area (Å²) in [7, 11) is 0. The molecule has 1 aliphatic rings. The molecule has 72 valence electrons. The van der Waals surface area contributed by atoms with E-state index in [4.69, 9.17) is 20.4 Å². The molecule has 0 saturated carbocycles. The standard InChI is InChI=1S/C6H13NO5/c8-1-2-3(9)4(10)5(11)6(12)7-2/h2-12H,1H2/t2?,3-,4-,5+,6?/m0/s1. The highest BCUT2D eigenvalue weighted by Gasteiger charge is 2.40. The highest BCUT2D eigenvalue weighted by Crippen LogP contribution is 2.13.